The van der Waals surface area contributed by atoms with Crippen LogP contribution in [0.1, 0.15) is 20.8 Å². The van der Waals surface area contributed by atoms with Crippen LogP contribution in [-0.4, -0.2) is 152 Å². The van der Waals surface area contributed by atoms with Crippen LogP contribution in [0.15, 0.2) is 0 Å². The van der Waals surface area contributed by atoms with E-state index in [2.05, 4.69) is 16.0 Å². The van der Waals surface area contributed by atoms with Crippen molar-refractivity contribution in [1.29, 1.82) is 0 Å². The Morgan fingerprint density at radius 3 is 2.18 bits per heavy atom. The van der Waals surface area contributed by atoms with Crippen LogP contribution < -0.4 is 16.0 Å². The number of carbonyl (C=O) groups excluding carboxylic acids is 2. The molecule has 15 atom stereocenters. The second kappa shape index (κ2) is 11.7. The Labute approximate surface area is 222 Å². The zero-order chi connectivity index (χ0) is 28.8. The highest BCUT2D eigenvalue weighted by molar-refractivity contribution is 5.74. The maximum atomic E-state index is 11.8. The van der Waals surface area contributed by atoms with Gasteiger partial charge in [-0.1, -0.05) is 0 Å². The minimum absolute atomic E-state index is 0.403. The average molecular weight is 568 g/mol. The molecule has 0 aromatic rings. The van der Waals surface area contributed by atoms with E-state index in [0.717, 1.165) is 6.92 Å². The summed E-state index contributed by atoms with van der Waals surface area (Å²) in [6.07, 6.45) is -17.7. The minimum Gasteiger partial charge on any atom is -0.394 e. The van der Waals surface area contributed by atoms with Gasteiger partial charge in [0.05, 0.1) is 19.3 Å². The fraction of sp³-hybridized carbons (Fsp3) is 0.909. The number of carbonyl (C=O) groups is 2. The molecule has 0 bridgehead atoms. The zero-order valence-corrected chi connectivity index (χ0v) is 21.5. The Morgan fingerprint density at radius 1 is 0.872 bits per heavy atom. The monoisotopic (exact) mass is 567 g/mol. The Bertz CT molecular complexity index is 900. The van der Waals surface area contributed by atoms with E-state index in [1.807, 2.05) is 0 Å². The highest BCUT2D eigenvalue weighted by atomic mass is 16.7. The van der Waals surface area contributed by atoms with E-state index in [-0.39, 0.29) is 0 Å². The van der Waals surface area contributed by atoms with Crippen molar-refractivity contribution in [2.45, 2.75) is 112 Å². The number of rotatable bonds is 8. The third-order valence-corrected chi connectivity index (χ3v) is 7.31. The van der Waals surface area contributed by atoms with Crippen LogP contribution >= 0.6 is 0 Å². The standard InChI is InChI=1S/C22H37N3O14/c1-6-12(29)15(32)16(33)20(36-6)35-5-10-17(18(34)22(24-8(3)28)21(25-22)38-10)39-19-11(23-7(2)27)14(31)13(30)9(4-26)37-19/h6,9-21,25-26,29-34H,4-5H2,1-3H3,(H,23,27)(H,24,28)/t6-,9+,10+,11+,12+,13+,14+,15+,16-,17+,18-,19-,20+,21-,22+/m0/s1. The summed E-state index contributed by atoms with van der Waals surface area (Å²) >= 11 is 0. The summed E-state index contributed by atoms with van der Waals surface area (Å²) in [5, 5.41) is 79.9. The molecule has 4 aliphatic heterocycles. The van der Waals surface area contributed by atoms with Gasteiger partial charge in [-0.15, -0.1) is 0 Å². The van der Waals surface area contributed by atoms with Crippen LogP contribution in [0, 0.1) is 0 Å². The van der Waals surface area contributed by atoms with E-state index in [0.29, 0.717) is 0 Å². The molecule has 0 aromatic heterocycles. The highest BCUT2D eigenvalue weighted by Crippen LogP contribution is 2.40. The maximum Gasteiger partial charge on any atom is 0.218 e. The maximum absolute atomic E-state index is 11.8. The zero-order valence-electron chi connectivity index (χ0n) is 21.5. The van der Waals surface area contributed by atoms with Gasteiger partial charge in [-0.05, 0) is 6.92 Å². The Hall–Kier alpha value is -1.58. The number of aliphatic hydroxyl groups is 7. The normalized spacial score (nSPS) is 49.6. The van der Waals surface area contributed by atoms with Gasteiger partial charge >= 0.3 is 0 Å². The van der Waals surface area contributed by atoms with Gasteiger partial charge in [0, 0.05) is 13.8 Å². The third kappa shape index (κ3) is 5.91. The number of hydrogen-bond acceptors (Lipinski definition) is 15. The van der Waals surface area contributed by atoms with Crippen molar-refractivity contribution in [3.63, 3.8) is 0 Å². The lowest BCUT2D eigenvalue weighted by atomic mass is 9.94. The molecule has 2 amide bonds. The Balaban J connectivity index is 1.56. The largest absolute Gasteiger partial charge is 0.394 e. The number of amides is 2. The van der Waals surface area contributed by atoms with Crippen molar-refractivity contribution >= 4 is 11.8 Å². The van der Waals surface area contributed by atoms with Crippen LogP contribution in [0.25, 0.3) is 0 Å². The number of aliphatic hydroxyl groups excluding tert-OH is 7. The minimum atomic E-state index is -1.63. The SMILES string of the molecule is CC(=O)N[C@H]1[C@H](O[C@@H]2[C@@H](CO[C@@H]3O[C@@H](C)[C@@H](O)[C@@H](O)[C@@H]3O)O[C@@H]3N[C@]3(NC(C)=O)[C@H]2O)O[C@H](CO)[C@@H](O)[C@@H]1O. The second-order valence-corrected chi connectivity index (χ2v) is 10.2. The molecule has 10 N–H and O–H groups in total. The van der Waals surface area contributed by atoms with Gasteiger partial charge in [0.25, 0.3) is 0 Å². The van der Waals surface area contributed by atoms with E-state index in [1.165, 1.54) is 13.8 Å². The second-order valence-electron chi connectivity index (χ2n) is 10.2. The molecule has 4 saturated heterocycles. The summed E-state index contributed by atoms with van der Waals surface area (Å²) < 4.78 is 28.6. The molecule has 17 nitrogen and oxygen atoms in total. The van der Waals surface area contributed by atoms with Crippen LogP contribution in [0.5, 0.6) is 0 Å². The fourth-order valence-corrected chi connectivity index (χ4v) is 5.12. The van der Waals surface area contributed by atoms with Gasteiger partial charge in [0.1, 0.15) is 67.2 Å². The van der Waals surface area contributed by atoms with Gasteiger partial charge in [-0.25, -0.2) is 0 Å². The Kier molecular flexibility index (Phi) is 9.14. The molecular weight excluding hydrogens is 530 g/mol. The molecule has 17 heteroatoms. The van der Waals surface area contributed by atoms with E-state index < -0.39 is 117 Å². The molecule has 39 heavy (non-hydrogen) atoms. The van der Waals surface area contributed by atoms with Crippen LogP contribution in [0.4, 0.5) is 0 Å². The van der Waals surface area contributed by atoms with Crippen molar-refractivity contribution in [1.82, 2.24) is 16.0 Å². The lowest BCUT2D eigenvalue weighted by Gasteiger charge is -2.46. The lowest BCUT2D eigenvalue weighted by molar-refractivity contribution is -0.323. The summed E-state index contributed by atoms with van der Waals surface area (Å²) in [7, 11) is 0. The van der Waals surface area contributed by atoms with Crippen molar-refractivity contribution in [3.05, 3.63) is 0 Å². The summed E-state index contributed by atoms with van der Waals surface area (Å²) in [6.45, 7) is 2.75. The third-order valence-electron chi connectivity index (χ3n) is 7.31. The number of fused-ring (bicyclic) bond motifs is 1. The molecule has 0 aliphatic carbocycles. The smallest absolute Gasteiger partial charge is 0.218 e. The van der Waals surface area contributed by atoms with Crippen molar-refractivity contribution in [2.75, 3.05) is 13.2 Å². The molecule has 224 valence electrons. The van der Waals surface area contributed by atoms with Gasteiger partial charge in [0.15, 0.2) is 18.2 Å². The summed E-state index contributed by atoms with van der Waals surface area (Å²) in [5.41, 5.74) is -1.45. The molecule has 0 unspecified atom stereocenters. The van der Waals surface area contributed by atoms with Crippen molar-refractivity contribution in [2.24, 2.45) is 0 Å². The van der Waals surface area contributed by atoms with Crippen molar-refractivity contribution in [3.8, 4) is 0 Å². The van der Waals surface area contributed by atoms with Gasteiger partial charge in [-0.3, -0.25) is 14.9 Å². The topological polar surface area (TPSA) is 268 Å². The first-order valence-electron chi connectivity index (χ1n) is 12.6. The highest BCUT2D eigenvalue weighted by Gasteiger charge is 2.69. The van der Waals surface area contributed by atoms with Crippen molar-refractivity contribution < 1.29 is 69.0 Å². The van der Waals surface area contributed by atoms with Crippen LogP contribution in [0.2, 0.25) is 0 Å². The molecular formula is C22H37N3O14. The molecule has 4 rings (SSSR count). The predicted octanol–water partition coefficient (Wildman–Crippen LogP) is -6.32. The Morgan fingerprint density at radius 2 is 1.56 bits per heavy atom. The molecule has 4 aliphatic rings. The predicted molar refractivity (Wildman–Crippen MR) is 123 cm³/mol. The van der Waals surface area contributed by atoms with Gasteiger partial charge < -0.3 is 70.1 Å². The van der Waals surface area contributed by atoms with E-state index in [4.69, 9.17) is 23.7 Å². The van der Waals surface area contributed by atoms with E-state index in [9.17, 15) is 45.3 Å². The average Bonchev–Trinajstić information content (AvgIpc) is 3.58. The molecule has 0 spiro atoms. The summed E-state index contributed by atoms with van der Waals surface area (Å²) in [4.78, 5) is 23.6. The van der Waals surface area contributed by atoms with Crippen LogP contribution in [-0.2, 0) is 33.3 Å². The first-order chi connectivity index (χ1) is 18.3. The number of nitrogens with one attached hydrogen (secondary N) is 3. The van der Waals surface area contributed by atoms with Gasteiger partial charge in [-0.2, -0.15) is 0 Å². The summed E-state index contributed by atoms with van der Waals surface area (Å²) in [6, 6.07) is -1.34. The molecule has 0 radical (unpaired) electrons. The molecule has 4 heterocycles. The molecule has 4 fully saturated rings. The fourth-order valence-electron chi connectivity index (χ4n) is 5.12. The molecule has 0 saturated carbocycles. The van der Waals surface area contributed by atoms with E-state index in [1.54, 1.807) is 0 Å². The van der Waals surface area contributed by atoms with E-state index >= 15 is 0 Å². The molecule has 0 aromatic carbocycles. The quantitative estimate of drug-likeness (QED) is 0.122. The van der Waals surface area contributed by atoms with Gasteiger partial charge in [0.2, 0.25) is 11.8 Å². The number of hydrogen-bond donors (Lipinski definition) is 10. The first-order valence-corrected chi connectivity index (χ1v) is 12.6. The number of ether oxygens (including phenoxy) is 5. The van der Waals surface area contributed by atoms with Crippen LogP contribution in [0.3, 0.4) is 0 Å². The lowest BCUT2D eigenvalue weighted by Crippen LogP contribution is -2.68. The summed E-state index contributed by atoms with van der Waals surface area (Å²) in [5.74, 6) is -1.09. The first kappa shape index (κ1) is 30.4.